The van der Waals surface area contributed by atoms with E-state index in [0.29, 0.717) is 5.92 Å². The van der Waals surface area contributed by atoms with Crippen LogP contribution in [0.2, 0.25) is 0 Å². The first-order chi connectivity index (χ1) is 9.26. The third-order valence-electron chi connectivity index (χ3n) is 3.47. The molecule has 1 fully saturated rings. The van der Waals surface area contributed by atoms with Crippen molar-refractivity contribution in [1.29, 1.82) is 0 Å². The lowest BCUT2D eigenvalue weighted by Crippen LogP contribution is -2.38. The Hall–Kier alpha value is -1.47. The molecule has 6 nitrogen and oxygen atoms in total. The second kappa shape index (κ2) is 5.26. The number of piperidine rings is 1. The molecule has 0 aliphatic carbocycles. The van der Waals surface area contributed by atoms with Gasteiger partial charge < -0.3 is 10.6 Å². The summed E-state index contributed by atoms with van der Waals surface area (Å²) in [5, 5.41) is 10.3. The van der Waals surface area contributed by atoms with Gasteiger partial charge in [-0.25, -0.2) is 4.98 Å². The van der Waals surface area contributed by atoms with Crippen LogP contribution < -0.4 is 10.6 Å². The van der Waals surface area contributed by atoms with Crippen LogP contribution >= 0.6 is 11.3 Å². The number of nitrogens with two attached hydrogens (primary N) is 1. The summed E-state index contributed by atoms with van der Waals surface area (Å²) >= 11 is 1.62. The highest BCUT2D eigenvalue weighted by atomic mass is 32.1. The molecule has 0 spiro atoms. The number of rotatable bonds is 3. The molecule has 3 N–H and O–H groups in total. The Morgan fingerprint density at radius 3 is 3.16 bits per heavy atom. The molecular weight excluding hydrogens is 260 g/mol. The summed E-state index contributed by atoms with van der Waals surface area (Å²) in [6, 6.07) is 0. The van der Waals surface area contributed by atoms with Crippen molar-refractivity contribution in [1.82, 2.24) is 20.2 Å². The number of nitrogens with zero attached hydrogens (tertiary/aromatic N) is 4. The van der Waals surface area contributed by atoms with Crippen molar-refractivity contribution in [2.24, 2.45) is 11.7 Å². The minimum Gasteiger partial charge on any atom is -0.339 e. The maximum atomic E-state index is 5.76. The molecular formula is C12H18N6S. The number of aryl methyl sites for hydroxylation is 1. The van der Waals surface area contributed by atoms with Gasteiger partial charge in [0, 0.05) is 18.5 Å². The van der Waals surface area contributed by atoms with Gasteiger partial charge in [0.05, 0.1) is 5.01 Å². The second-order valence-electron chi connectivity index (χ2n) is 4.93. The summed E-state index contributed by atoms with van der Waals surface area (Å²) in [4.78, 5) is 11.2. The molecule has 1 saturated heterocycles. The summed E-state index contributed by atoms with van der Waals surface area (Å²) < 4.78 is 0. The van der Waals surface area contributed by atoms with Crippen LogP contribution in [0, 0.1) is 12.8 Å². The van der Waals surface area contributed by atoms with E-state index < -0.39 is 0 Å². The summed E-state index contributed by atoms with van der Waals surface area (Å²) in [5.74, 6) is 2.06. The SMILES string of the molecule is Cc1nc(-c2nc(N3CCCC(CN)C3)n[nH]2)cs1. The average Bonchev–Trinajstić information content (AvgIpc) is 3.07. The van der Waals surface area contributed by atoms with Crippen molar-refractivity contribution in [3.63, 3.8) is 0 Å². The molecule has 0 amide bonds. The van der Waals surface area contributed by atoms with Crippen molar-refractivity contribution >= 4 is 17.3 Å². The van der Waals surface area contributed by atoms with Gasteiger partial charge in [-0.3, -0.25) is 5.10 Å². The summed E-state index contributed by atoms with van der Waals surface area (Å²) in [5.41, 5.74) is 6.63. The Labute approximate surface area is 116 Å². The second-order valence-corrected chi connectivity index (χ2v) is 5.99. The van der Waals surface area contributed by atoms with Crippen LogP contribution in [-0.4, -0.2) is 39.8 Å². The van der Waals surface area contributed by atoms with Crippen molar-refractivity contribution < 1.29 is 0 Å². The van der Waals surface area contributed by atoms with Crippen LogP contribution in [0.3, 0.4) is 0 Å². The van der Waals surface area contributed by atoms with Gasteiger partial charge >= 0.3 is 0 Å². The topological polar surface area (TPSA) is 83.7 Å². The van der Waals surface area contributed by atoms with E-state index in [9.17, 15) is 0 Å². The Morgan fingerprint density at radius 2 is 2.42 bits per heavy atom. The monoisotopic (exact) mass is 278 g/mol. The Kier molecular flexibility index (Phi) is 3.48. The van der Waals surface area contributed by atoms with Crippen LogP contribution in [0.1, 0.15) is 17.8 Å². The van der Waals surface area contributed by atoms with Crippen molar-refractivity contribution in [3.8, 4) is 11.5 Å². The largest absolute Gasteiger partial charge is 0.339 e. The summed E-state index contributed by atoms with van der Waals surface area (Å²) in [6.45, 7) is 4.68. The fourth-order valence-corrected chi connectivity index (χ4v) is 3.02. The van der Waals surface area contributed by atoms with E-state index in [1.807, 2.05) is 12.3 Å². The zero-order valence-electron chi connectivity index (χ0n) is 11.0. The fraction of sp³-hybridized carbons (Fsp3) is 0.583. The molecule has 0 aromatic carbocycles. The molecule has 1 unspecified atom stereocenters. The van der Waals surface area contributed by atoms with E-state index in [1.165, 1.54) is 6.42 Å². The number of aromatic amines is 1. The molecule has 0 radical (unpaired) electrons. The first-order valence-corrected chi connectivity index (χ1v) is 7.44. The van der Waals surface area contributed by atoms with Gasteiger partial charge in [-0.2, -0.15) is 4.98 Å². The average molecular weight is 278 g/mol. The van der Waals surface area contributed by atoms with Crippen LogP contribution in [0.25, 0.3) is 11.5 Å². The highest BCUT2D eigenvalue weighted by Crippen LogP contribution is 2.23. The number of H-pyrrole nitrogens is 1. The summed E-state index contributed by atoms with van der Waals surface area (Å²) in [7, 11) is 0. The molecule has 1 aliphatic rings. The van der Waals surface area contributed by atoms with Crippen LogP contribution in [0.4, 0.5) is 5.95 Å². The molecule has 102 valence electrons. The van der Waals surface area contributed by atoms with E-state index in [1.54, 1.807) is 11.3 Å². The molecule has 2 aromatic rings. The standard InChI is InChI=1S/C12H18N6S/c1-8-14-10(7-19-8)11-15-12(17-16-11)18-4-2-3-9(5-13)6-18/h7,9H,2-6,13H2,1H3,(H,15,16,17). The Morgan fingerprint density at radius 1 is 1.53 bits per heavy atom. The maximum Gasteiger partial charge on any atom is 0.245 e. The number of thiazole rings is 1. The quantitative estimate of drug-likeness (QED) is 0.887. The normalized spacial score (nSPS) is 19.9. The molecule has 1 atom stereocenters. The highest BCUT2D eigenvalue weighted by molar-refractivity contribution is 7.09. The lowest BCUT2D eigenvalue weighted by Gasteiger charge is -2.31. The molecule has 19 heavy (non-hydrogen) atoms. The predicted octanol–water partition coefficient (Wildman–Crippen LogP) is 1.41. The third-order valence-corrected chi connectivity index (χ3v) is 4.24. The fourth-order valence-electron chi connectivity index (χ4n) is 2.42. The van der Waals surface area contributed by atoms with Crippen molar-refractivity contribution in [2.45, 2.75) is 19.8 Å². The first kappa shape index (κ1) is 12.6. The van der Waals surface area contributed by atoms with Gasteiger partial charge in [-0.15, -0.1) is 16.4 Å². The number of hydrogen-bond donors (Lipinski definition) is 2. The minimum atomic E-state index is 0.553. The first-order valence-electron chi connectivity index (χ1n) is 6.56. The number of anilines is 1. The zero-order chi connectivity index (χ0) is 13.2. The molecule has 3 heterocycles. The highest BCUT2D eigenvalue weighted by Gasteiger charge is 2.22. The van der Waals surface area contributed by atoms with E-state index >= 15 is 0 Å². The minimum absolute atomic E-state index is 0.553. The lowest BCUT2D eigenvalue weighted by molar-refractivity contribution is 0.420. The predicted molar refractivity (Wildman–Crippen MR) is 76.2 cm³/mol. The number of aromatic nitrogens is 4. The maximum absolute atomic E-state index is 5.76. The van der Waals surface area contributed by atoms with Crippen LogP contribution in [0.5, 0.6) is 0 Å². The van der Waals surface area contributed by atoms with Crippen molar-refractivity contribution in [3.05, 3.63) is 10.4 Å². The molecule has 2 aromatic heterocycles. The molecule has 7 heteroatoms. The summed E-state index contributed by atoms with van der Waals surface area (Å²) in [6.07, 6.45) is 2.36. The van der Waals surface area contributed by atoms with Gasteiger partial charge in [-0.1, -0.05) is 0 Å². The molecule has 3 rings (SSSR count). The van der Waals surface area contributed by atoms with Crippen LogP contribution in [-0.2, 0) is 0 Å². The molecule has 1 aliphatic heterocycles. The third kappa shape index (κ3) is 2.62. The molecule has 0 bridgehead atoms. The van der Waals surface area contributed by atoms with Gasteiger partial charge in [0.2, 0.25) is 5.95 Å². The van der Waals surface area contributed by atoms with Crippen molar-refractivity contribution in [2.75, 3.05) is 24.5 Å². The Bertz CT molecular complexity index is 548. The van der Waals surface area contributed by atoms with Gasteiger partial charge in [0.15, 0.2) is 5.82 Å². The van der Waals surface area contributed by atoms with Gasteiger partial charge in [0.25, 0.3) is 0 Å². The van der Waals surface area contributed by atoms with E-state index in [2.05, 4.69) is 25.1 Å². The van der Waals surface area contributed by atoms with E-state index in [0.717, 1.165) is 48.5 Å². The Balaban J connectivity index is 1.77. The molecule has 0 saturated carbocycles. The zero-order valence-corrected chi connectivity index (χ0v) is 11.8. The van der Waals surface area contributed by atoms with Crippen LogP contribution in [0.15, 0.2) is 5.38 Å². The number of nitrogens with one attached hydrogen (secondary N) is 1. The van der Waals surface area contributed by atoms with E-state index in [4.69, 9.17) is 5.73 Å². The van der Waals surface area contributed by atoms with E-state index in [-0.39, 0.29) is 0 Å². The van der Waals surface area contributed by atoms with Gasteiger partial charge in [-0.05, 0) is 32.2 Å². The smallest absolute Gasteiger partial charge is 0.245 e. The van der Waals surface area contributed by atoms with Gasteiger partial charge in [0.1, 0.15) is 5.69 Å². The number of hydrogen-bond acceptors (Lipinski definition) is 6. The lowest BCUT2D eigenvalue weighted by atomic mass is 9.99.